The summed E-state index contributed by atoms with van der Waals surface area (Å²) in [6.07, 6.45) is 9.38. The van der Waals surface area contributed by atoms with Gasteiger partial charge in [0.25, 0.3) is 11.8 Å². The first-order valence-electron chi connectivity index (χ1n) is 10.7. The van der Waals surface area contributed by atoms with Gasteiger partial charge in [0.15, 0.2) is 0 Å². The van der Waals surface area contributed by atoms with Crippen molar-refractivity contribution in [1.29, 1.82) is 0 Å². The van der Waals surface area contributed by atoms with E-state index in [0.29, 0.717) is 18.9 Å². The molecule has 2 aliphatic rings. The maximum Gasteiger partial charge on any atom is 0.344 e. The van der Waals surface area contributed by atoms with Gasteiger partial charge >= 0.3 is 6.03 Å². The van der Waals surface area contributed by atoms with Crippen LogP contribution in [0, 0.1) is 0 Å². The number of nitrogens with one attached hydrogen (secondary N) is 3. The molecule has 1 aromatic carbocycles. The minimum atomic E-state index is -1.02. The second-order valence-corrected chi connectivity index (χ2v) is 8.35. The Bertz CT molecular complexity index is 716. The summed E-state index contributed by atoms with van der Waals surface area (Å²) in [5.74, 6) is -0.791. The van der Waals surface area contributed by atoms with Crippen molar-refractivity contribution in [3.8, 4) is 0 Å². The number of rotatable bonds is 7. The molecule has 0 radical (unpaired) electrons. The first-order chi connectivity index (χ1) is 14.0. The molecule has 3 rings (SSSR count). The molecule has 3 N–H and O–H groups in total. The summed E-state index contributed by atoms with van der Waals surface area (Å²) in [4.78, 5) is 37.4. The fourth-order valence-corrected chi connectivity index (χ4v) is 4.06. The number of hydrogen-bond acceptors (Lipinski definition) is 4. The lowest BCUT2D eigenvalue weighted by Gasteiger charge is -2.23. The van der Waals surface area contributed by atoms with E-state index >= 15 is 0 Å². The molecule has 0 aromatic heterocycles. The van der Waals surface area contributed by atoms with Gasteiger partial charge in [-0.15, -0.1) is 0 Å². The van der Waals surface area contributed by atoms with Crippen molar-refractivity contribution in [2.24, 2.45) is 0 Å². The van der Waals surface area contributed by atoms with Gasteiger partial charge in [-0.3, -0.25) is 15.0 Å². The molecule has 158 valence electrons. The highest BCUT2D eigenvalue weighted by molar-refractivity contribution is 6.07. The van der Waals surface area contributed by atoms with Gasteiger partial charge in [0, 0.05) is 6.04 Å². The molecule has 1 saturated heterocycles. The highest BCUT2D eigenvalue weighted by Gasteiger charge is 2.48. The third kappa shape index (κ3) is 5.79. The number of hydrogen-bond donors (Lipinski definition) is 3. The topological polar surface area (TPSA) is 90.5 Å². The molecule has 7 heteroatoms. The zero-order chi connectivity index (χ0) is 20.7. The average molecular weight is 401 g/mol. The van der Waals surface area contributed by atoms with Crippen molar-refractivity contribution in [2.75, 3.05) is 6.54 Å². The number of carbonyl (C=O) groups is 3. The predicted octanol–water partition coefficient (Wildman–Crippen LogP) is 2.66. The Labute approximate surface area is 172 Å². The molecule has 0 bridgehead atoms. The molecule has 0 unspecified atom stereocenters. The lowest BCUT2D eigenvalue weighted by Crippen LogP contribution is -2.51. The van der Waals surface area contributed by atoms with Gasteiger partial charge < -0.3 is 10.6 Å². The van der Waals surface area contributed by atoms with Gasteiger partial charge in [-0.1, -0.05) is 62.4 Å². The Morgan fingerprint density at radius 2 is 1.76 bits per heavy atom. The molecule has 1 heterocycles. The highest BCUT2D eigenvalue weighted by Crippen LogP contribution is 2.22. The quantitative estimate of drug-likeness (QED) is 0.614. The van der Waals surface area contributed by atoms with E-state index in [4.69, 9.17) is 0 Å². The smallest absolute Gasteiger partial charge is 0.322 e. The number of carbonyl (C=O) groups excluding carboxylic acids is 3. The number of nitrogens with zero attached hydrogens (tertiary/aromatic N) is 1. The minimum Gasteiger partial charge on any atom is -0.322 e. The van der Waals surface area contributed by atoms with Gasteiger partial charge in [-0.2, -0.15) is 5.01 Å². The van der Waals surface area contributed by atoms with E-state index in [-0.39, 0.29) is 12.5 Å². The normalized spacial score (nSPS) is 23.4. The SMILES string of the molecule is C[C@]1(CCc2ccccc2)NC(=O)N(NC(=O)CNC2CCCCCCC2)C1=O. The number of aryl methyl sites for hydroxylation is 1. The van der Waals surface area contributed by atoms with E-state index in [9.17, 15) is 14.4 Å². The third-order valence-corrected chi connectivity index (χ3v) is 5.91. The zero-order valence-corrected chi connectivity index (χ0v) is 17.2. The monoisotopic (exact) mass is 400 g/mol. The van der Waals surface area contributed by atoms with Crippen molar-refractivity contribution in [3.05, 3.63) is 35.9 Å². The Balaban J connectivity index is 1.49. The Hall–Kier alpha value is -2.41. The average Bonchev–Trinajstić information content (AvgIpc) is 2.90. The summed E-state index contributed by atoms with van der Waals surface area (Å²) in [5, 5.41) is 6.83. The number of hydrazine groups is 1. The summed E-state index contributed by atoms with van der Waals surface area (Å²) in [6, 6.07) is 9.56. The molecular weight excluding hydrogens is 368 g/mol. The number of benzene rings is 1. The molecule has 0 spiro atoms. The van der Waals surface area contributed by atoms with Crippen LogP contribution in [0.25, 0.3) is 0 Å². The summed E-state index contributed by atoms with van der Waals surface area (Å²) in [5.41, 5.74) is 2.55. The first kappa shape index (κ1) is 21.3. The lowest BCUT2D eigenvalue weighted by atomic mass is 9.93. The van der Waals surface area contributed by atoms with E-state index in [0.717, 1.165) is 23.4 Å². The fraction of sp³-hybridized carbons (Fsp3) is 0.591. The highest BCUT2D eigenvalue weighted by atomic mass is 16.2. The van der Waals surface area contributed by atoms with Crippen LogP contribution in [-0.4, -0.2) is 41.0 Å². The minimum absolute atomic E-state index is 0.0997. The van der Waals surface area contributed by atoms with Crippen LogP contribution in [0.4, 0.5) is 4.79 Å². The summed E-state index contributed by atoms with van der Waals surface area (Å²) in [7, 11) is 0. The maximum atomic E-state index is 12.8. The fourth-order valence-electron chi connectivity index (χ4n) is 4.06. The van der Waals surface area contributed by atoms with Gasteiger partial charge in [0.1, 0.15) is 5.54 Å². The summed E-state index contributed by atoms with van der Waals surface area (Å²) < 4.78 is 0. The van der Waals surface area contributed by atoms with Crippen LogP contribution >= 0.6 is 0 Å². The Morgan fingerprint density at radius 3 is 2.45 bits per heavy atom. The third-order valence-electron chi connectivity index (χ3n) is 5.91. The van der Waals surface area contributed by atoms with Crippen LogP contribution in [0.3, 0.4) is 0 Å². The van der Waals surface area contributed by atoms with E-state index in [1.807, 2.05) is 30.3 Å². The maximum absolute atomic E-state index is 12.8. The molecular formula is C22H32N4O3. The van der Waals surface area contributed by atoms with Gasteiger partial charge in [0.05, 0.1) is 6.54 Å². The van der Waals surface area contributed by atoms with Crippen LogP contribution in [0.5, 0.6) is 0 Å². The second-order valence-electron chi connectivity index (χ2n) is 8.35. The number of amides is 4. The molecule has 1 aliphatic carbocycles. The summed E-state index contributed by atoms with van der Waals surface area (Å²) in [6.45, 7) is 1.80. The van der Waals surface area contributed by atoms with Crippen LogP contribution in [0.15, 0.2) is 30.3 Å². The molecule has 2 fully saturated rings. The van der Waals surface area contributed by atoms with Crippen molar-refractivity contribution in [3.63, 3.8) is 0 Å². The standard InChI is InChI=1S/C22H32N4O3/c1-22(15-14-17-10-6-5-7-11-17)20(28)26(21(29)24-22)25-19(27)16-23-18-12-8-3-2-4-9-13-18/h5-7,10-11,18,23H,2-4,8-9,12-16H2,1H3,(H,24,29)(H,25,27)/t22-/m1/s1. The van der Waals surface area contributed by atoms with Crippen LogP contribution < -0.4 is 16.1 Å². The van der Waals surface area contributed by atoms with Crippen LogP contribution in [0.2, 0.25) is 0 Å². The first-order valence-corrected chi connectivity index (χ1v) is 10.7. The Morgan fingerprint density at radius 1 is 1.10 bits per heavy atom. The lowest BCUT2D eigenvalue weighted by molar-refractivity contribution is -0.138. The largest absolute Gasteiger partial charge is 0.344 e. The van der Waals surface area contributed by atoms with E-state index in [2.05, 4.69) is 16.1 Å². The van der Waals surface area contributed by atoms with Gasteiger partial charge in [-0.05, 0) is 38.2 Å². The van der Waals surface area contributed by atoms with Gasteiger partial charge in [-0.25, -0.2) is 4.79 Å². The molecule has 1 aliphatic heterocycles. The molecule has 7 nitrogen and oxygen atoms in total. The van der Waals surface area contributed by atoms with Crippen molar-refractivity contribution >= 4 is 17.8 Å². The van der Waals surface area contributed by atoms with Gasteiger partial charge in [0.2, 0.25) is 0 Å². The Kier molecular flexibility index (Phi) is 7.25. The number of urea groups is 1. The molecule has 1 saturated carbocycles. The zero-order valence-electron chi connectivity index (χ0n) is 17.2. The predicted molar refractivity (Wildman–Crippen MR) is 111 cm³/mol. The molecule has 29 heavy (non-hydrogen) atoms. The van der Waals surface area contributed by atoms with Crippen LogP contribution in [-0.2, 0) is 16.0 Å². The molecule has 4 amide bonds. The second kappa shape index (κ2) is 9.87. The van der Waals surface area contributed by atoms with Crippen LogP contribution in [0.1, 0.15) is 63.9 Å². The molecule has 1 atom stereocenters. The van der Waals surface area contributed by atoms with E-state index < -0.39 is 17.5 Å². The van der Waals surface area contributed by atoms with Crippen molar-refractivity contribution in [1.82, 2.24) is 21.1 Å². The number of imide groups is 1. The molecule has 1 aromatic rings. The van der Waals surface area contributed by atoms with Crippen molar-refractivity contribution in [2.45, 2.75) is 76.3 Å². The van der Waals surface area contributed by atoms with Crippen molar-refractivity contribution < 1.29 is 14.4 Å². The van der Waals surface area contributed by atoms with E-state index in [1.165, 1.54) is 32.1 Å². The summed E-state index contributed by atoms with van der Waals surface area (Å²) >= 11 is 0. The van der Waals surface area contributed by atoms with E-state index in [1.54, 1.807) is 6.92 Å².